The molecule has 3 aromatic rings. The van der Waals surface area contributed by atoms with E-state index < -0.39 is 15.8 Å². The van der Waals surface area contributed by atoms with Crippen molar-refractivity contribution in [3.05, 3.63) is 64.5 Å². The van der Waals surface area contributed by atoms with Gasteiger partial charge in [0, 0.05) is 16.1 Å². The van der Waals surface area contributed by atoms with Gasteiger partial charge in [-0.3, -0.25) is 0 Å². The summed E-state index contributed by atoms with van der Waals surface area (Å²) in [4.78, 5) is 0.130. The quantitative estimate of drug-likeness (QED) is 0.684. The van der Waals surface area contributed by atoms with Crippen LogP contribution >= 0.6 is 15.9 Å². The van der Waals surface area contributed by atoms with Gasteiger partial charge in [0.25, 0.3) is 10.0 Å². The highest BCUT2D eigenvalue weighted by atomic mass is 79.9. The second kappa shape index (κ2) is 4.96. The molecule has 0 radical (unpaired) electrons. The minimum absolute atomic E-state index is 0.0463. The van der Waals surface area contributed by atoms with E-state index in [0.717, 1.165) is 9.54 Å². The molecule has 0 N–H and O–H groups in total. The number of halogens is 2. The summed E-state index contributed by atoms with van der Waals surface area (Å²) in [6.45, 7) is 1.87. The van der Waals surface area contributed by atoms with E-state index in [1.807, 2.05) is 6.92 Å². The molecule has 3 nitrogen and oxygen atoms in total. The molecule has 0 amide bonds. The normalized spacial score (nSPS) is 12.0. The first kappa shape index (κ1) is 14.3. The van der Waals surface area contributed by atoms with Crippen LogP contribution in [0.1, 0.15) is 5.56 Å². The Bertz CT molecular complexity index is 930. The van der Waals surface area contributed by atoms with Gasteiger partial charge in [-0.05, 0) is 37.3 Å². The van der Waals surface area contributed by atoms with E-state index in [2.05, 4.69) is 15.9 Å². The third-order valence-electron chi connectivity index (χ3n) is 3.29. The van der Waals surface area contributed by atoms with Gasteiger partial charge in [-0.25, -0.2) is 16.8 Å². The zero-order chi connectivity index (χ0) is 15.2. The third kappa shape index (κ3) is 2.28. The summed E-state index contributed by atoms with van der Waals surface area (Å²) in [7, 11) is -3.82. The van der Waals surface area contributed by atoms with E-state index in [4.69, 9.17) is 0 Å². The Morgan fingerprint density at radius 2 is 1.71 bits per heavy atom. The van der Waals surface area contributed by atoms with Gasteiger partial charge in [0.15, 0.2) is 0 Å². The zero-order valence-corrected chi connectivity index (χ0v) is 13.4. The molecule has 0 aliphatic rings. The molecular formula is C15H11BrFNO2S. The highest BCUT2D eigenvalue weighted by molar-refractivity contribution is 9.10. The van der Waals surface area contributed by atoms with E-state index in [1.165, 1.54) is 24.4 Å². The summed E-state index contributed by atoms with van der Waals surface area (Å²) in [6.07, 6.45) is 1.37. The molecule has 0 fully saturated rings. The van der Waals surface area contributed by atoms with Crippen molar-refractivity contribution < 1.29 is 12.8 Å². The minimum atomic E-state index is -3.82. The Morgan fingerprint density at radius 3 is 2.38 bits per heavy atom. The van der Waals surface area contributed by atoms with Crippen molar-refractivity contribution in [1.29, 1.82) is 0 Å². The Balaban J connectivity index is 2.29. The van der Waals surface area contributed by atoms with E-state index in [-0.39, 0.29) is 10.4 Å². The first-order valence-corrected chi connectivity index (χ1v) is 8.42. The average Bonchev–Trinajstić information content (AvgIpc) is 2.90. The molecular weight excluding hydrogens is 357 g/mol. The summed E-state index contributed by atoms with van der Waals surface area (Å²) in [5.74, 6) is -0.575. The molecule has 108 valence electrons. The van der Waals surface area contributed by atoms with E-state index in [9.17, 15) is 12.8 Å². The first-order valence-electron chi connectivity index (χ1n) is 6.18. The maximum Gasteiger partial charge on any atom is 0.268 e. The van der Waals surface area contributed by atoms with Crippen LogP contribution in [-0.4, -0.2) is 12.4 Å². The predicted molar refractivity (Wildman–Crippen MR) is 83.4 cm³/mol. The lowest BCUT2D eigenvalue weighted by molar-refractivity contribution is 0.586. The fourth-order valence-electron chi connectivity index (χ4n) is 2.18. The molecule has 0 saturated heterocycles. The topological polar surface area (TPSA) is 39.1 Å². The summed E-state index contributed by atoms with van der Waals surface area (Å²) in [5, 5.41) is 0.519. The summed E-state index contributed by atoms with van der Waals surface area (Å²) in [5.41, 5.74) is 1.00. The number of aromatic nitrogens is 1. The van der Waals surface area contributed by atoms with E-state index >= 15 is 0 Å². The monoisotopic (exact) mass is 367 g/mol. The van der Waals surface area contributed by atoms with Crippen molar-refractivity contribution in [3.63, 3.8) is 0 Å². The van der Waals surface area contributed by atoms with Crippen LogP contribution in [0, 0.1) is 12.7 Å². The summed E-state index contributed by atoms with van der Waals surface area (Å²) < 4.78 is 41.0. The Morgan fingerprint density at radius 1 is 1.05 bits per heavy atom. The number of hydrogen-bond acceptors (Lipinski definition) is 2. The lowest BCUT2D eigenvalue weighted by Gasteiger charge is -2.08. The molecule has 0 aliphatic carbocycles. The third-order valence-corrected chi connectivity index (χ3v) is 5.67. The molecule has 0 bridgehead atoms. The van der Waals surface area contributed by atoms with Crippen LogP contribution in [0.25, 0.3) is 10.9 Å². The predicted octanol–water partition coefficient (Wildman–Crippen LogP) is 4.09. The number of aryl methyl sites for hydroxylation is 1. The maximum absolute atomic E-state index is 14.1. The number of hydrogen-bond donors (Lipinski definition) is 0. The molecule has 0 saturated carbocycles. The van der Waals surface area contributed by atoms with Gasteiger partial charge in [0.1, 0.15) is 11.3 Å². The molecule has 1 aromatic heterocycles. The van der Waals surface area contributed by atoms with Crippen molar-refractivity contribution in [2.24, 2.45) is 0 Å². The number of nitrogens with zero attached hydrogens (tertiary/aromatic N) is 1. The summed E-state index contributed by atoms with van der Waals surface area (Å²) >= 11 is 3.30. The molecule has 0 spiro atoms. The van der Waals surface area contributed by atoms with Gasteiger partial charge in [-0.1, -0.05) is 33.6 Å². The molecule has 0 unspecified atom stereocenters. The van der Waals surface area contributed by atoms with Crippen molar-refractivity contribution in [1.82, 2.24) is 3.97 Å². The maximum atomic E-state index is 14.1. The lowest BCUT2D eigenvalue weighted by Crippen LogP contribution is -2.12. The van der Waals surface area contributed by atoms with Gasteiger partial charge in [-0.2, -0.15) is 0 Å². The van der Waals surface area contributed by atoms with Crippen LogP contribution in [-0.2, 0) is 10.0 Å². The Hall–Kier alpha value is -1.66. The van der Waals surface area contributed by atoms with Gasteiger partial charge >= 0.3 is 0 Å². The highest BCUT2D eigenvalue weighted by Crippen LogP contribution is 2.29. The molecule has 0 atom stereocenters. The second-order valence-electron chi connectivity index (χ2n) is 4.72. The molecule has 0 aliphatic heterocycles. The fraction of sp³-hybridized carbons (Fsp3) is 0.0667. The number of benzene rings is 2. The number of fused-ring (bicyclic) bond motifs is 1. The van der Waals surface area contributed by atoms with Crippen LogP contribution < -0.4 is 0 Å². The van der Waals surface area contributed by atoms with Crippen molar-refractivity contribution >= 4 is 36.9 Å². The van der Waals surface area contributed by atoms with Crippen molar-refractivity contribution in [2.45, 2.75) is 11.8 Å². The minimum Gasteiger partial charge on any atom is -0.238 e. The van der Waals surface area contributed by atoms with Gasteiger partial charge in [0.05, 0.1) is 4.90 Å². The van der Waals surface area contributed by atoms with Gasteiger partial charge in [0.2, 0.25) is 0 Å². The standard InChI is InChI=1S/C15H11BrFNO2S/c1-10-2-4-11(5-3-10)21(19,20)18-9-8-12-13(16)6-7-14(17)15(12)18/h2-9H,1H3. The Labute approximate surface area is 130 Å². The van der Waals surface area contributed by atoms with Crippen LogP contribution in [0.5, 0.6) is 0 Å². The van der Waals surface area contributed by atoms with Crippen LogP contribution in [0.15, 0.2) is 58.0 Å². The first-order chi connectivity index (χ1) is 9.91. The molecule has 2 aromatic carbocycles. The van der Waals surface area contributed by atoms with E-state index in [1.54, 1.807) is 24.3 Å². The highest BCUT2D eigenvalue weighted by Gasteiger charge is 2.21. The Kier molecular flexibility index (Phi) is 3.37. The molecule has 21 heavy (non-hydrogen) atoms. The molecule has 3 rings (SSSR count). The SMILES string of the molecule is Cc1ccc(S(=O)(=O)n2ccc3c(Br)ccc(F)c32)cc1. The van der Waals surface area contributed by atoms with Crippen LogP contribution in [0.2, 0.25) is 0 Å². The number of rotatable bonds is 2. The van der Waals surface area contributed by atoms with Crippen LogP contribution in [0.3, 0.4) is 0 Å². The zero-order valence-electron chi connectivity index (χ0n) is 11.0. The molecule has 1 heterocycles. The lowest BCUT2D eigenvalue weighted by atomic mass is 10.2. The van der Waals surface area contributed by atoms with Gasteiger partial charge < -0.3 is 0 Å². The average molecular weight is 368 g/mol. The summed E-state index contributed by atoms with van der Waals surface area (Å²) in [6, 6.07) is 10.8. The van der Waals surface area contributed by atoms with Crippen molar-refractivity contribution in [3.8, 4) is 0 Å². The van der Waals surface area contributed by atoms with Crippen molar-refractivity contribution in [2.75, 3.05) is 0 Å². The van der Waals surface area contributed by atoms with Gasteiger partial charge in [-0.15, -0.1) is 0 Å². The molecule has 6 heteroatoms. The largest absolute Gasteiger partial charge is 0.268 e. The van der Waals surface area contributed by atoms with Crippen LogP contribution in [0.4, 0.5) is 4.39 Å². The second-order valence-corrected chi connectivity index (χ2v) is 7.39. The van der Waals surface area contributed by atoms with E-state index in [0.29, 0.717) is 9.86 Å². The fourth-order valence-corrected chi connectivity index (χ4v) is 3.99. The smallest absolute Gasteiger partial charge is 0.238 e.